The van der Waals surface area contributed by atoms with E-state index in [9.17, 15) is 13.6 Å². The highest BCUT2D eigenvalue weighted by atomic mass is 35.5. The van der Waals surface area contributed by atoms with E-state index < -0.39 is 28.7 Å². The summed E-state index contributed by atoms with van der Waals surface area (Å²) in [5.41, 5.74) is 5.52. The molecule has 0 spiro atoms. The minimum atomic E-state index is -0.997. The molecule has 2 fully saturated rings. The third-order valence-corrected chi connectivity index (χ3v) is 5.88. The summed E-state index contributed by atoms with van der Waals surface area (Å²) in [7, 11) is 0. The molecule has 1 aromatic carbocycles. The molecule has 1 saturated heterocycles. The number of carbonyl (C=O) groups excluding carboxylic acids is 1. The Bertz CT molecular complexity index is 704. The van der Waals surface area contributed by atoms with Gasteiger partial charge in [-0.3, -0.25) is 4.79 Å². The number of hydrogen-bond donors (Lipinski definition) is 1. The summed E-state index contributed by atoms with van der Waals surface area (Å²) in [6.07, 6.45) is -0.0818. The van der Waals surface area contributed by atoms with Crippen LogP contribution in [0.25, 0.3) is 0 Å². The van der Waals surface area contributed by atoms with E-state index in [4.69, 9.17) is 15.2 Å². The van der Waals surface area contributed by atoms with Crippen molar-refractivity contribution < 1.29 is 23.0 Å². The number of rotatable bonds is 4. The fraction of sp³-hybridized carbons (Fsp3) is 0.632. The number of morpholine rings is 1. The van der Waals surface area contributed by atoms with E-state index in [0.717, 1.165) is 12.1 Å². The summed E-state index contributed by atoms with van der Waals surface area (Å²) >= 11 is 0. The van der Waals surface area contributed by atoms with Gasteiger partial charge in [-0.15, -0.1) is 12.4 Å². The van der Waals surface area contributed by atoms with Gasteiger partial charge < -0.3 is 20.1 Å². The van der Waals surface area contributed by atoms with Gasteiger partial charge in [0.15, 0.2) is 11.6 Å². The zero-order valence-electron chi connectivity index (χ0n) is 15.8. The summed E-state index contributed by atoms with van der Waals surface area (Å²) in [6, 6.07) is 3.67. The number of halogens is 3. The van der Waals surface area contributed by atoms with Crippen LogP contribution in [0.3, 0.4) is 0 Å². The molecule has 0 aromatic heterocycles. The van der Waals surface area contributed by atoms with Crippen molar-refractivity contribution in [2.75, 3.05) is 26.3 Å². The molecule has 1 heterocycles. The van der Waals surface area contributed by atoms with Crippen LogP contribution >= 0.6 is 12.4 Å². The zero-order chi connectivity index (χ0) is 19.1. The fourth-order valence-electron chi connectivity index (χ4n) is 3.83. The van der Waals surface area contributed by atoms with Gasteiger partial charge in [-0.05, 0) is 24.6 Å². The van der Waals surface area contributed by atoms with Crippen LogP contribution in [0.5, 0.6) is 0 Å². The first-order chi connectivity index (χ1) is 12.2. The fourth-order valence-corrected chi connectivity index (χ4v) is 3.83. The molecule has 1 aliphatic heterocycles. The molecule has 1 amide bonds. The van der Waals surface area contributed by atoms with Crippen LogP contribution in [0, 0.1) is 17.0 Å². The maximum atomic E-state index is 13.5. The van der Waals surface area contributed by atoms with Gasteiger partial charge in [-0.25, -0.2) is 8.78 Å². The largest absolute Gasteiger partial charge is 0.378 e. The molecule has 8 heteroatoms. The Labute approximate surface area is 164 Å². The highest BCUT2D eigenvalue weighted by Crippen LogP contribution is 2.50. The molecular formula is C19H27ClF2N2O3. The molecule has 3 atom stereocenters. The van der Waals surface area contributed by atoms with Crippen molar-refractivity contribution in [3.63, 3.8) is 0 Å². The van der Waals surface area contributed by atoms with Crippen LogP contribution in [0.1, 0.15) is 38.9 Å². The van der Waals surface area contributed by atoms with Crippen molar-refractivity contribution in [1.29, 1.82) is 0 Å². The predicted octanol–water partition coefficient (Wildman–Crippen LogP) is 2.82. The molecule has 5 nitrogen and oxygen atoms in total. The van der Waals surface area contributed by atoms with Gasteiger partial charge in [0.25, 0.3) is 0 Å². The van der Waals surface area contributed by atoms with Crippen LogP contribution in [-0.2, 0) is 14.3 Å². The van der Waals surface area contributed by atoms with Gasteiger partial charge in [0.1, 0.15) is 11.6 Å². The number of nitrogens with two attached hydrogens (primary N) is 1. The highest BCUT2D eigenvalue weighted by molar-refractivity contribution is 5.89. The SMILES string of the molecule is CCOC1CC(N)(C(=O)N2CCOC(c3ccc(F)c(F)c3)C2)C1(C)C.Cl. The normalized spacial score (nSPS) is 29.6. The number of amides is 1. The van der Waals surface area contributed by atoms with Crippen LogP contribution in [0.2, 0.25) is 0 Å². The first kappa shape index (κ1) is 22.0. The average molecular weight is 405 g/mol. The lowest BCUT2D eigenvalue weighted by Crippen LogP contribution is -2.76. The van der Waals surface area contributed by atoms with Gasteiger partial charge in [0.05, 0.1) is 19.3 Å². The monoisotopic (exact) mass is 404 g/mol. The second-order valence-electron chi connectivity index (χ2n) is 7.63. The Morgan fingerprint density at radius 3 is 2.67 bits per heavy atom. The molecule has 27 heavy (non-hydrogen) atoms. The molecule has 3 unspecified atom stereocenters. The smallest absolute Gasteiger partial charge is 0.243 e. The molecule has 3 rings (SSSR count). The Morgan fingerprint density at radius 2 is 2.07 bits per heavy atom. The summed E-state index contributed by atoms with van der Waals surface area (Å²) in [6.45, 7) is 7.40. The van der Waals surface area contributed by atoms with Crippen molar-refractivity contribution >= 4 is 18.3 Å². The van der Waals surface area contributed by atoms with Gasteiger partial charge in [-0.1, -0.05) is 19.9 Å². The van der Waals surface area contributed by atoms with Gasteiger partial charge in [0, 0.05) is 25.0 Å². The molecule has 1 saturated carbocycles. The molecule has 152 valence electrons. The van der Waals surface area contributed by atoms with Crippen LogP contribution in [0.4, 0.5) is 8.78 Å². The Kier molecular flexibility index (Phi) is 6.52. The number of ether oxygens (including phenoxy) is 2. The summed E-state index contributed by atoms with van der Waals surface area (Å²) < 4.78 is 38.0. The molecule has 2 N–H and O–H groups in total. The van der Waals surface area contributed by atoms with E-state index in [-0.39, 0.29) is 31.0 Å². The lowest BCUT2D eigenvalue weighted by Gasteiger charge is -2.59. The van der Waals surface area contributed by atoms with Gasteiger partial charge in [-0.2, -0.15) is 0 Å². The van der Waals surface area contributed by atoms with E-state index in [1.165, 1.54) is 6.07 Å². The summed E-state index contributed by atoms with van der Waals surface area (Å²) in [5, 5.41) is 0. The van der Waals surface area contributed by atoms with Crippen molar-refractivity contribution in [3.05, 3.63) is 35.4 Å². The Morgan fingerprint density at radius 1 is 1.37 bits per heavy atom. The second kappa shape index (κ2) is 7.99. The van der Waals surface area contributed by atoms with E-state index in [2.05, 4.69) is 0 Å². The third-order valence-electron chi connectivity index (χ3n) is 5.88. The number of nitrogens with zero attached hydrogens (tertiary/aromatic N) is 1. The minimum Gasteiger partial charge on any atom is -0.378 e. The Hall–Kier alpha value is -1.28. The topological polar surface area (TPSA) is 64.8 Å². The molecule has 0 radical (unpaired) electrons. The second-order valence-corrected chi connectivity index (χ2v) is 7.63. The van der Waals surface area contributed by atoms with Crippen LogP contribution in [-0.4, -0.2) is 48.8 Å². The van der Waals surface area contributed by atoms with Gasteiger partial charge in [0.2, 0.25) is 5.91 Å². The lowest BCUT2D eigenvalue weighted by atomic mass is 9.54. The quantitative estimate of drug-likeness (QED) is 0.838. The maximum Gasteiger partial charge on any atom is 0.243 e. The van der Waals surface area contributed by atoms with E-state index in [0.29, 0.717) is 31.7 Å². The summed E-state index contributed by atoms with van der Waals surface area (Å²) in [4.78, 5) is 14.8. The number of carbonyl (C=O) groups is 1. The molecule has 1 aromatic rings. The van der Waals surface area contributed by atoms with E-state index in [1.54, 1.807) is 4.90 Å². The summed E-state index contributed by atoms with van der Waals surface area (Å²) in [5.74, 6) is -1.98. The number of benzene rings is 1. The molecule has 0 bridgehead atoms. The van der Waals surface area contributed by atoms with E-state index >= 15 is 0 Å². The van der Waals surface area contributed by atoms with Crippen molar-refractivity contribution in [1.82, 2.24) is 4.90 Å². The van der Waals surface area contributed by atoms with Crippen molar-refractivity contribution in [2.24, 2.45) is 11.1 Å². The highest BCUT2D eigenvalue weighted by Gasteiger charge is 2.63. The van der Waals surface area contributed by atoms with Crippen LogP contribution in [0.15, 0.2) is 18.2 Å². The first-order valence-corrected chi connectivity index (χ1v) is 8.97. The van der Waals surface area contributed by atoms with Gasteiger partial charge >= 0.3 is 0 Å². The molecule has 2 aliphatic rings. The van der Waals surface area contributed by atoms with Crippen LogP contribution < -0.4 is 5.73 Å². The molecular weight excluding hydrogens is 378 g/mol. The van der Waals surface area contributed by atoms with Crippen molar-refractivity contribution in [3.8, 4) is 0 Å². The predicted molar refractivity (Wildman–Crippen MR) is 99.6 cm³/mol. The average Bonchev–Trinajstić information content (AvgIpc) is 2.63. The standard InChI is InChI=1S/C19H26F2N2O3.ClH/c1-4-25-16-10-19(22,18(16,2)3)17(24)23-7-8-26-15(11-23)12-5-6-13(20)14(21)9-12;/h5-6,9,15-16H,4,7-8,10-11,22H2,1-3H3;1H. The minimum absolute atomic E-state index is 0. The maximum absolute atomic E-state index is 13.5. The Balaban J connectivity index is 0.00000261. The third kappa shape index (κ3) is 3.70. The lowest BCUT2D eigenvalue weighted by molar-refractivity contribution is -0.184. The van der Waals surface area contributed by atoms with Crippen molar-refractivity contribution in [2.45, 2.75) is 44.9 Å². The first-order valence-electron chi connectivity index (χ1n) is 8.97. The number of hydrogen-bond acceptors (Lipinski definition) is 4. The van der Waals surface area contributed by atoms with E-state index in [1.807, 2.05) is 20.8 Å². The molecule has 1 aliphatic carbocycles. The zero-order valence-corrected chi connectivity index (χ0v) is 16.7.